The Morgan fingerprint density at radius 2 is 1.95 bits per heavy atom. The summed E-state index contributed by atoms with van der Waals surface area (Å²) in [5.74, 6) is 0.951. The number of furan rings is 1. The van der Waals surface area contributed by atoms with Gasteiger partial charge in [0.2, 0.25) is 0 Å². The van der Waals surface area contributed by atoms with E-state index < -0.39 is 0 Å². The smallest absolute Gasteiger partial charge is 0.291 e. The van der Waals surface area contributed by atoms with Gasteiger partial charge in [0, 0.05) is 17.4 Å². The van der Waals surface area contributed by atoms with Gasteiger partial charge in [-0.2, -0.15) is 0 Å². The summed E-state index contributed by atoms with van der Waals surface area (Å²) < 4.78 is 5.41. The fourth-order valence-corrected chi connectivity index (χ4v) is 2.20. The van der Waals surface area contributed by atoms with E-state index in [0.29, 0.717) is 5.76 Å². The van der Waals surface area contributed by atoms with Crippen LogP contribution in [-0.2, 0) is 12.8 Å². The third kappa shape index (κ3) is 3.70. The Labute approximate surface area is 121 Å². The second-order valence-corrected chi connectivity index (χ2v) is 5.00. The lowest BCUT2D eigenvalue weighted by Crippen LogP contribution is -2.10. The van der Waals surface area contributed by atoms with E-state index in [4.69, 9.17) is 4.42 Å². The third-order valence-electron chi connectivity index (χ3n) is 2.83. The first-order valence-corrected chi connectivity index (χ1v) is 7.40. The molecule has 2 aromatic rings. The topological polar surface area (TPSA) is 42.2 Å². The van der Waals surface area contributed by atoms with Crippen molar-refractivity contribution in [3.05, 3.63) is 53.5 Å². The SMILES string of the molecule is CCc1ccc(C(=O)Nc2ccc(CCBr)cc2)o1. The van der Waals surface area contributed by atoms with Gasteiger partial charge in [-0.15, -0.1) is 0 Å². The summed E-state index contributed by atoms with van der Waals surface area (Å²) in [6.07, 6.45) is 1.76. The lowest BCUT2D eigenvalue weighted by Gasteiger charge is -2.04. The van der Waals surface area contributed by atoms with Crippen LogP contribution < -0.4 is 5.32 Å². The minimum absolute atomic E-state index is 0.215. The van der Waals surface area contributed by atoms with Gasteiger partial charge in [-0.1, -0.05) is 35.0 Å². The zero-order valence-corrected chi connectivity index (χ0v) is 12.4. The van der Waals surface area contributed by atoms with Gasteiger partial charge >= 0.3 is 0 Å². The van der Waals surface area contributed by atoms with Crippen LogP contribution in [0.4, 0.5) is 5.69 Å². The van der Waals surface area contributed by atoms with Crippen LogP contribution in [0.1, 0.15) is 28.8 Å². The minimum atomic E-state index is -0.215. The number of benzene rings is 1. The number of anilines is 1. The van der Waals surface area contributed by atoms with E-state index >= 15 is 0 Å². The molecule has 1 aromatic carbocycles. The van der Waals surface area contributed by atoms with Gasteiger partial charge < -0.3 is 9.73 Å². The number of aryl methyl sites for hydroxylation is 2. The fourth-order valence-electron chi connectivity index (χ4n) is 1.75. The van der Waals surface area contributed by atoms with E-state index in [1.807, 2.05) is 37.3 Å². The number of amides is 1. The summed E-state index contributed by atoms with van der Waals surface area (Å²) in [4.78, 5) is 11.9. The van der Waals surface area contributed by atoms with Gasteiger partial charge in [-0.3, -0.25) is 4.79 Å². The van der Waals surface area contributed by atoms with Crippen LogP contribution in [0.15, 0.2) is 40.8 Å². The molecule has 0 aliphatic heterocycles. The normalized spacial score (nSPS) is 10.4. The third-order valence-corrected chi connectivity index (χ3v) is 3.23. The Bertz CT molecular complexity index is 546. The van der Waals surface area contributed by atoms with Crippen molar-refractivity contribution < 1.29 is 9.21 Å². The van der Waals surface area contributed by atoms with E-state index in [9.17, 15) is 4.79 Å². The molecule has 0 saturated heterocycles. The number of nitrogens with one attached hydrogen (secondary N) is 1. The van der Waals surface area contributed by atoms with E-state index in [1.54, 1.807) is 6.07 Å². The molecule has 0 saturated carbocycles. The van der Waals surface area contributed by atoms with Gasteiger partial charge in [0.1, 0.15) is 5.76 Å². The molecule has 19 heavy (non-hydrogen) atoms. The molecule has 0 aliphatic rings. The number of carbonyl (C=O) groups excluding carboxylic acids is 1. The predicted molar refractivity (Wildman–Crippen MR) is 80.0 cm³/mol. The predicted octanol–water partition coefficient (Wildman–Crippen LogP) is 4.03. The average molecular weight is 322 g/mol. The maximum absolute atomic E-state index is 11.9. The summed E-state index contributed by atoms with van der Waals surface area (Å²) in [6, 6.07) is 11.4. The Balaban J connectivity index is 2.01. The van der Waals surface area contributed by atoms with Crippen LogP contribution in [0.25, 0.3) is 0 Å². The summed E-state index contributed by atoms with van der Waals surface area (Å²) >= 11 is 3.40. The highest BCUT2D eigenvalue weighted by atomic mass is 79.9. The Morgan fingerprint density at radius 3 is 2.53 bits per heavy atom. The lowest BCUT2D eigenvalue weighted by atomic mass is 10.1. The van der Waals surface area contributed by atoms with Gasteiger partial charge in [0.15, 0.2) is 5.76 Å². The van der Waals surface area contributed by atoms with Crippen molar-refractivity contribution in [3.8, 4) is 0 Å². The van der Waals surface area contributed by atoms with Crippen LogP contribution in [-0.4, -0.2) is 11.2 Å². The largest absolute Gasteiger partial charge is 0.456 e. The van der Waals surface area contributed by atoms with Crippen LogP contribution in [0.2, 0.25) is 0 Å². The Kier molecular flexibility index (Phi) is 4.80. The molecule has 0 bridgehead atoms. The fraction of sp³-hybridized carbons (Fsp3) is 0.267. The van der Waals surface area contributed by atoms with Gasteiger partial charge in [-0.05, 0) is 36.2 Å². The quantitative estimate of drug-likeness (QED) is 0.845. The lowest BCUT2D eigenvalue weighted by molar-refractivity contribution is 0.0995. The molecule has 0 atom stereocenters. The maximum atomic E-state index is 11.9. The molecule has 100 valence electrons. The molecule has 1 N–H and O–H groups in total. The van der Waals surface area contributed by atoms with Crippen molar-refractivity contribution in [1.29, 1.82) is 0 Å². The van der Waals surface area contributed by atoms with Crippen molar-refractivity contribution in [1.82, 2.24) is 0 Å². The number of alkyl halides is 1. The van der Waals surface area contributed by atoms with Crippen molar-refractivity contribution in [2.24, 2.45) is 0 Å². The monoisotopic (exact) mass is 321 g/mol. The molecule has 2 rings (SSSR count). The molecule has 0 spiro atoms. The molecular formula is C15H16BrNO2. The molecule has 0 aliphatic carbocycles. The van der Waals surface area contributed by atoms with Crippen molar-refractivity contribution in [3.63, 3.8) is 0 Å². The van der Waals surface area contributed by atoms with Gasteiger partial charge in [0.05, 0.1) is 0 Å². The molecular weight excluding hydrogens is 306 g/mol. The molecule has 1 amide bonds. The maximum Gasteiger partial charge on any atom is 0.291 e. The number of hydrogen-bond donors (Lipinski definition) is 1. The molecule has 3 nitrogen and oxygen atoms in total. The van der Waals surface area contributed by atoms with E-state index in [0.717, 1.165) is 29.6 Å². The van der Waals surface area contributed by atoms with Crippen LogP contribution in [0.3, 0.4) is 0 Å². The number of carbonyl (C=O) groups is 1. The Hall–Kier alpha value is -1.55. The minimum Gasteiger partial charge on any atom is -0.456 e. The average Bonchev–Trinajstić information content (AvgIpc) is 2.90. The zero-order chi connectivity index (χ0) is 13.7. The molecule has 0 unspecified atom stereocenters. The highest BCUT2D eigenvalue weighted by Crippen LogP contribution is 2.14. The van der Waals surface area contributed by atoms with Crippen molar-refractivity contribution in [2.75, 3.05) is 10.6 Å². The molecule has 0 radical (unpaired) electrons. The number of halogens is 1. The van der Waals surface area contributed by atoms with Crippen LogP contribution in [0, 0.1) is 0 Å². The van der Waals surface area contributed by atoms with Crippen LogP contribution >= 0.6 is 15.9 Å². The van der Waals surface area contributed by atoms with Crippen LogP contribution in [0.5, 0.6) is 0 Å². The highest BCUT2D eigenvalue weighted by molar-refractivity contribution is 9.09. The van der Waals surface area contributed by atoms with Crippen molar-refractivity contribution >= 4 is 27.5 Å². The van der Waals surface area contributed by atoms with Gasteiger partial charge in [0.25, 0.3) is 5.91 Å². The van der Waals surface area contributed by atoms with Gasteiger partial charge in [-0.25, -0.2) is 0 Å². The molecule has 0 fully saturated rings. The summed E-state index contributed by atoms with van der Waals surface area (Å²) in [6.45, 7) is 1.99. The second kappa shape index (κ2) is 6.57. The first-order chi connectivity index (χ1) is 9.22. The zero-order valence-electron chi connectivity index (χ0n) is 10.8. The van der Waals surface area contributed by atoms with E-state index in [1.165, 1.54) is 5.56 Å². The highest BCUT2D eigenvalue weighted by Gasteiger charge is 2.10. The van der Waals surface area contributed by atoms with Crippen molar-refractivity contribution in [2.45, 2.75) is 19.8 Å². The summed E-state index contributed by atoms with van der Waals surface area (Å²) in [7, 11) is 0. The molecule has 1 aromatic heterocycles. The van der Waals surface area contributed by atoms with E-state index in [-0.39, 0.29) is 5.91 Å². The summed E-state index contributed by atoms with van der Waals surface area (Å²) in [5, 5.41) is 3.76. The first kappa shape index (κ1) is 13.9. The molecule has 4 heteroatoms. The first-order valence-electron chi connectivity index (χ1n) is 6.28. The number of hydrogen-bond acceptors (Lipinski definition) is 2. The summed E-state index contributed by atoms with van der Waals surface area (Å²) in [5.41, 5.74) is 2.01. The molecule has 1 heterocycles. The standard InChI is InChI=1S/C15H16BrNO2/c1-2-13-7-8-14(19-13)15(18)17-12-5-3-11(4-6-12)9-10-16/h3-8H,2,9-10H2,1H3,(H,17,18). The number of rotatable bonds is 5. The second-order valence-electron chi connectivity index (χ2n) is 4.21. The Morgan fingerprint density at radius 1 is 1.21 bits per heavy atom. The van der Waals surface area contributed by atoms with E-state index in [2.05, 4.69) is 21.2 Å².